The number of rotatable bonds is 7. The Morgan fingerprint density at radius 3 is 1.80 bits per heavy atom. The summed E-state index contributed by atoms with van der Waals surface area (Å²) in [5.41, 5.74) is 11.5. The van der Waals surface area contributed by atoms with Crippen LogP contribution in [-0.4, -0.2) is 24.7 Å². The standard InChI is InChI=1S/C43H33N3O3/c1-3-49-43(47)31-22-20-30(21-23-31)36-28-35(29-24-26-33(48-2)27-25-29)34-14-11-19-41(42(34)44-36)46-39-17-9-7-15-37(39)45(32-12-5-4-6-13-32)38-16-8-10-18-40(38)46/h4-28H,3H2,1-2H3. The van der Waals surface area contributed by atoms with E-state index in [1.165, 1.54) is 0 Å². The van der Waals surface area contributed by atoms with Crippen LogP contribution in [0.5, 0.6) is 5.75 Å². The fraction of sp³-hybridized carbons (Fsp3) is 0.0698. The van der Waals surface area contributed by atoms with E-state index in [-0.39, 0.29) is 5.97 Å². The number of fused-ring (bicyclic) bond motifs is 3. The van der Waals surface area contributed by atoms with Crippen LogP contribution in [0.15, 0.2) is 152 Å². The highest BCUT2D eigenvalue weighted by atomic mass is 16.5. The lowest BCUT2D eigenvalue weighted by Gasteiger charge is -2.40. The van der Waals surface area contributed by atoms with Crippen molar-refractivity contribution in [2.45, 2.75) is 6.92 Å². The first kappa shape index (κ1) is 30.0. The van der Waals surface area contributed by atoms with Crippen LogP contribution >= 0.6 is 0 Å². The first-order chi connectivity index (χ1) is 24.1. The minimum atomic E-state index is -0.339. The van der Waals surface area contributed by atoms with E-state index >= 15 is 0 Å². The maximum atomic E-state index is 12.4. The number of para-hydroxylation sites is 6. The molecular formula is C43H33N3O3. The van der Waals surface area contributed by atoms with E-state index in [1.807, 2.05) is 37.3 Å². The number of esters is 1. The third-order valence-corrected chi connectivity index (χ3v) is 8.89. The summed E-state index contributed by atoms with van der Waals surface area (Å²) in [6.45, 7) is 2.13. The molecule has 0 radical (unpaired) electrons. The van der Waals surface area contributed by atoms with Crippen LogP contribution in [0.4, 0.5) is 34.1 Å². The molecular weight excluding hydrogens is 606 g/mol. The van der Waals surface area contributed by atoms with E-state index in [9.17, 15) is 4.79 Å². The zero-order chi connectivity index (χ0) is 33.3. The molecule has 6 aromatic carbocycles. The number of hydrogen-bond acceptors (Lipinski definition) is 6. The van der Waals surface area contributed by atoms with Crippen molar-refractivity contribution in [1.82, 2.24) is 4.98 Å². The first-order valence-electron chi connectivity index (χ1n) is 16.3. The van der Waals surface area contributed by atoms with Crippen molar-refractivity contribution in [1.29, 1.82) is 0 Å². The van der Waals surface area contributed by atoms with Gasteiger partial charge in [0.05, 0.1) is 58.9 Å². The van der Waals surface area contributed by atoms with Gasteiger partial charge >= 0.3 is 5.97 Å². The Kier molecular flexibility index (Phi) is 7.74. The second-order valence-electron chi connectivity index (χ2n) is 11.7. The van der Waals surface area contributed by atoms with Crippen molar-refractivity contribution >= 4 is 51.0 Å². The van der Waals surface area contributed by atoms with E-state index in [1.54, 1.807) is 19.2 Å². The lowest BCUT2D eigenvalue weighted by molar-refractivity contribution is 0.0526. The van der Waals surface area contributed by atoms with Gasteiger partial charge in [0.1, 0.15) is 5.75 Å². The molecule has 238 valence electrons. The molecule has 0 saturated carbocycles. The number of ether oxygens (including phenoxy) is 2. The van der Waals surface area contributed by atoms with Gasteiger partial charge in [0, 0.05) is 16.6 Å². The third-order valence-electron chi connectivity index (χ3n) is 8.89. The van der Waals surface area contributed by atoms with Gasteiger partial charge < -0.3 is 19.3 Å². The molecule has 1 aliphatic heterocycles. The van der Waals surface area contributed by atoms with Crippen LogP contribution in [0, 0.1) is 0 Å². The molecule has 1 aromatic heterocycles. The summed E-state index contributed by atoms with van der Waals surface area (Å²) in [6, 6.07) is 51.6. The minimum Gasteiger partial charge on any atom is -0.497 e. The molecule has 0 spiro atoms. The molecule has 8 rings (SSSR count). The lowest BCUT2D eigenvalue weighted by Crippen LogP contribution is -2.24. The topological polar surface area (TPSA) is 54.9 Å². The van der Waals surface area contributed by atoms with Crippen molar-refractivity contribution in [2.24, 2.45) is 0 Å². The molecule has 0 unspecified atom stereocenters. The van der Waals surface area contributed by atoms with Crippen LogP contribution in [0.3, 0.4) is 0 Å². The Bertz CT molecular complexity index is 2250. The van der Waals surface area contributed by atoms with Gasteiger partial charge in [-0.3, -0.25) is 0 Å². The van der Waals surface area contributed by atoms with Gasteiger partial charge in [-0.05, 0) is 90.8 Å². The van der Waals surface area contributed by atoms with Crippen LogP contribution in [-0.2, 0) is 4.74 Å². The van der Waals surface area contributed by atoms with Crippen LogP contribution in [0.1, 0.15) is 17.3 Å². The Labute approximate surface area is 285 Å². The monoisotopic (exact) mass is 639 g/mol. The summed E-state index contributed by atoms with van der Waals surface area (Å²) >= 11 is 0. The number of hydrogen-bond donors (Lipinski definition) is 0. The zero-order valence-corrected chi connectivity index (χ0v) is 27.2. The molecule has 0 fully saturated rings. The van der Waals surface area contributed by atoms with E-state index in [4.69, 9.17) is 14.5 Å². The van der Waals surface area contributed by atoms with Crippen LogP contribution < -0.4 is 14.5 Å². The smallest absolute Gasteiger partial charge is 0.338 e. The minimum absolute atomic E-state index is 0.326. The summed E-state index contributed by atoms with van der Waals surface area (Å²) in [4.78, 5) is 22.5. The lowest BCUT2D eigenvalue weighted by atomic mass is 9.96. The van der Waals surface area contributed by atoms with Crippen molar-refractivity contribution in [3.63, 3.8) is 0 Å². The van der Waals surface area contributed by atoms with Gasteiger partial charge in [0.2, 0.25) is 0 Å². The van der Waals surface area contributed by atoms with Crippen LogP contribution in [0.25, 0.3) is 33.3 Å². The SMILES string of the molecule is CCOC(=O)c1ccc(-c2cc(-c3ccc(OC)cc3)c3cccc(N4c5ccccc5N(c5ccccc5)c5ccccc54)c3n2)cc1. The summed E-state index contributed by atoms with van der Waals surface area (Å²) in [6.07, 6.45) is 0. The fourth-order valence-corrected chi connectivity index (χ4v) is 6.62. The van der Waals surface area contributed by atoms with E-state index < -0.39 is 0 Å². The number of benzene rings is 6. The molecule has 0 aliphatic carbocycles. The molecule has 0 atom stereocenters. The Balaban J connectivity index is 1.37. The van der Waals surface area contributed by atoms with Gasteiger partial charge in [-0.2, -0.15) is 0 Å². The van der Waals surface area contributed by atoms with Gasteiger partial charge in [0.15, 0.2) is 0 Å². The number of anilines is 6. The molecule has 6 heteroatoms. The van der Waals surface area contributed by atoms with E-state index in [0.29, 0.717) is 12.2 Å². The molecule has 6 nitrogen and oxygen atoms in total. The Morgan fingerprint density at radius 1 is 0.612 bits per heavy atom. The van der Waals surface area contributed by atoms with Crippen molar-refractivity contribution in [3.8, 4) is 28.1 Å². The molecule has 49 heavy (non-hydrogen) atoms. The number of aromatic nitrogens is 1. The highest BCUT2D eigenvalue weighted by Crippen LogP contribution is 2.55. The molecule has 7 aromatic rings. The summed E-state index contributed by atoms with van der Waals surface area (Å²) < 4.78 is 10.7. The van der Waals surface area contributed by atoms with Crippen LogP contribution in [0.2, 0.25) is 0 Å². The largest absolute Gasteiger partial charge is 0.497 e. The van der Waals surface area contributed by atoms with E-state index in [0.717, 1.165) is 73.2 Å². The maximum Gasteiger partial charge on any atom is 0.338 e. The molecule has 0 N–H and O–H groups in total. The second-order valence-corrected chi connectivity index (χ2v) is 11.7. The summed E-state index contributed by atoms with van der Waals surface area (Å²) in [7, 11) is 1.67. The molecule has 0 saturated heterocycles. The van der Waals surface area contributed by atoms with Crippen molar-refractivity contribution in [3.05, 3.63) is 157 Å². The molecule has 1 aliphatic rings. The Hall–Kier alpha value is -6.40. The highest BCUT2D eigenvalue weighted by molar-refractivity contribution is 6.09. The predicted molar refractivity (Wildman–Crippen MR) is 198 cm³/mol. The number of carbonyl (C=O) groups excluding carboxylic acids is 1. The van der Waals surface area contributed by atoms with Crippen molar-refractivity contribution in [2.75, 3.05) is 23.5 Å². The average Bonchev–Trinajstić information content (AvgIpc) is 3.17. The maximum absolute atomic E-state index is 12.4. The highest BCUT2D eigenvalue weighted by Gasteiger charge is 2.31. The third kappa shape index (κ3) is 5.33. The van der Waals surface area contributed by atoms with Gasteiger partial charge in [-0.1, -0.05) is 78.9 Å². The zero-order valence-electron chi connectivity index (χ0n) is 27.2. The van der Waals surface area contributed by atoms with Crippen molar-refractivity contribution < 1.29 is 14.3 Å². The quantitative estimate of drug-likeness (QED) is 0.162. The van der Waals surface area contributed by atoms with Gasteiger partial charge in [-0.15, -0.1) is 0 Å². The number of carbonyl (C=O) groups is 1. The number of nitrogens with zero attached hydrogens (tertiary/aromatic N) is 3. The first-order valence-corrected chi connectivity index (χ1v) is 16.3. The predicted octanol–water partition coefficient (Wildman–Crippen LogP) is 11.0. The van der Waals surface area contributed by atoms with E-state index in [2.05, 4.69) is 119 Å². The fourth-order valence-electron chi connectivity index (χ4n) is 6.62. The average molecular weight is 640 g/mol. The summed E-state index contributed by atoms with van der Waals surface area (Å²) in [5.74, 6) is 0.454. The molecule has 2 heterocycles. The number of pyridine rings is 1. The van der Waals surface area contributed by atoms with Gasteiger partial charge in [-0.25, -0.2) is 9.78 Å². The Morgan fingerprint density at radius 2 is 1.18 bits per heavy atom. The normalized spacial score (nSPS) is 12.0. The number of methoxy groups -OCH3 is 1. The molecule has 0 bridgehead atoms. The molecule has 0 amide bonds. The summed E-state index contributed by atoms with van der Waals surface area (Å²) in [5, 5.41) is 1.02. The second kappa shape index (κ2) is 12.7. The van der Waals surface area contributed by atoms with Gasteiger partial charge in [0.25, 0.3) is 0 Å².